The Hall–Kier alpha value is -3.40. The topological polar surface area (TPSA) is 112 Å². The largest absolute Gasteiger partial charge is 0.356 e. The van der Waals surface area contributed by atoms with E-state index in [0.29, 0.717) is 5.13 Å². The van der Waals surface area contributed by atoms with Crippen LogP contribution in [0.25, 0.3) is 16.0 Å². The van der Waals surface area contributed by atoms with Gasteiger partial charge in [0.2, 0.25) is 11.6 Å². The molecule has 4 rings (SSSR count). The minimum Gasteiger partial charge on any atom is -0.310 e. The second-order valence-electron chi connectivity index (χ2n) is 6.11. The minimum absolute atomic E-state index is 0.0772. The molecule has 0 radical (unpaired) electrons. The van der Waals surface area contributed by atoms with Crippen molar-refractivity contribution in [3.8, 4) is 5.82 Å². The number of thiazole rings is 1. The maximum Gasteiger partial charge on any atom is 0.356 e. The van der Waals surface area contributed by atoms with Crippen molar-refractivity contribution in [3.05, 3.63) is 57.7 Å². The van der Waals surface area contributed by atoms with Crippen molar-refractivity contribution < 1.29 is 4.92 Å². The zero-order valence-electron chi connectivity index (χ0n) is 14.8. The van der Waals surface area contributed by atoms with E-state index in [1.54, 1.807) is 0 Å². The molecular weight excluding hydrogens is 366 g/mol. The summed E-state index contributed by atoms with van der Waals surface area (Å²) < 4.78 is 2.44. The van der Waals surface area contributed by atoms with Gasteiger partial charge in [-0.2, -0.15) is 5.10 Å². The zero-order valence-corrected chi connectivity index (χ0v) is 15.6. The number of nitro groups is 1. The third kappa shape index (κ3) is 3.10. The van der Waals surface area contributed by atoms with Gasteiger partial charge in [-0.15, -0.1) is 0 Å². The average molecular weight is 381 g/mol. The lowest BCUT2D eigenvalue weighted by Crippen LogP contribution is -2.09. The Kier molecular flexibility index (Phi) is 4.04. The first kappa shape index (κ1) is 17.0. The fourth-order valence-electron chi connectivity index (χ4n) is 2.81. The van der Waals surface area contributed by atoms with Crippen LogP contribution in [0.5, 0.6) is 0 Å². The summed E-state index contributed by atoms with van der Waals surface area (Å²) >= 11 is 1.41. The number of aromatic nitrogens is 5. The van der Waals surface area contributed by atoms with E-state index in [4.69, 9.17) is 0 Å². The molecule has 0 aliphatic rings. The molecule has 0 aliphatic heterocycles. The second kappa shape index (κ2) is 6.40. The summed E-state index contributed by atoms with van der Waals surface area (Å²) in [5.41, 5.74) is 3.19. The molecule has 4 aromatic rings. The molecule has 136 valence electrons. The van der Waals surface area contributed by atoms with E-state index in [2.05, 4.69) is 25.4 Å². The Morgan fingerprint density at radius 3 is 2.70 bits per heavy atom. The first-order chi connectivity index (χ1) is 12.9. The van der Waals surface area contributed by atoms with Gasteiger partial charge in [0.15, 0.2) is 5.13 Å². The highest BCUT2D eigenvalue weighted by atomic mass is 32.1. The smallest absolute Gasteiger partial charge is 0.310 e. The molecule has 10 heteroatoms. The molecule has 0 saturated heterocycles. The van der Waals surface area contributed by atoms with Crippen molar-refractivity contribution in [1.82, 2.24) is 24.7 Å². The van der Waals surface area contributed by atoms with E-state index < -0.39 is 4.92 Å². The van der Waals surface area contributed by atoms with Gasteiger partial charge in [-0.1, -0.05) is 17.4 Å². The molecule has 3 aromatic heterocycles. The summed E-state index contributed by atoms with van der Waals surface area (Å²) in [6.07, 6.45) is 1.28. The van der Waals surface area contributed by atoms with Crippen LogP contribution in [-0.4, -0.2) is 29.7 Å². The Morgan fingerprint density at radius 2 is 2.00 bits per heavy atom. The predicted octanol–water partition coefficient (Wildman–Crippen LogP) is 3.85. The number of nitrogens with zero attached hydrogens (tertiary/aromatic N) is 6. The second-order valence-corrected chi connectivity index (χ2v) is 7.14. The van der Waals surface area contributed by atoms with E-state index in [1.165, 1.54) is 22.3 Å². The van der Waals surface area contributed by atoms with Crippen molar-refractivity contribution in [2.24, 2.45) is 0 Å². The third-order valence-electron chi connectivity index (χ3n) is 3.97. The Bertz CT molecular complexity index is 1180. The molecule has 0 amide bonds. The number of nitrogens with one attached hydrogen (secondary N) is 1. The van der Waals surface area contributed by atoms with Crippen LogP contribution < -0.4 is 5.32 Å². The number of benzene rings is 1. The number of aryl methyl sites for hydroxylation is 3. The highest BCUT2D eigenvalue weighted by Gasteiger charge is 2.26. The highest BCUT2D eigenvalue weighted by molar-refractivity contribution is 7.22. The lowest BCUT2D eigenvalue weighted by Gasteiger charge is -2.07. The van der Waals surface area contributed by atoms with Gasteiger partial charge >= 0.3 is 5.69 Å². The molecule has 0 unspecified atom stereocenters. The SMILES string of the molecule is Cc1ccc2nc(Nc3ncnc(-n4nc(C)cc4C)c3[N+](=O)[O-])sc2c1. The van der Waals surface area contributed by atoms with E-state index in [9.17, 15) is 10.1 Å². The van der Waals surface area contributed by atoms with Crippen LogP contribution >= 0.6 is 11.3 Å². The molecule has 1 N–H and O–H groups in total. The first-order valence-electron chi connectivity index (χ1n) is 8.09. The third-order valence-corrected chi connectivity index (χ3v) is 4.90. The molecule has 0 fully saturated rings. The Morgan fingerprint density at radius 1 is 1.19 bits per heavy atom. The molecule has 9 nitrogen and oxygen atoms in total. The van der Waals surface area contributed by atoms with Gasteiger partial charge in [0, 0.05) is 5.69 Å². The number of anilines is 2. The van der Waals surface area contributed by atoms with Crippen molar-refractivity contribution in [3.63, 3.8) is 0 Å². The van der Waals surface area contributed by atoms with Gasteiger partial charge in [-0.3, -0.25) is 10.1 Å². The van der Waals surface area contributed by atoms with Crippen LogP contribution in [0.15, 0.2) is 30.6 Å². The van der Waals surface area contributed by atoms with Gasteiger partial charge < -0.3 is 5.32 Å². The van der Waals surface area contributed by atoms with Gasteiger partial charge in [0.25, 0.3) is 0 Å². The number of rotatable bonds is 4. The molecule has 0 atom stereocenters. The standard InChI is InChI=1S/C17H15N7O2S/c1-9-4-5-12-13(6-9)27-17(20-12)21-15-14(24(25)26)16(19-8-18-15)23-11(3)7-10(2)22-23/h4-8H,1-3H3,(H,18,19,20,21). The Balaban J connectivity index is 1.81. The van der Waals surface area contributed by atoms with Crippen LogP contribution in [0.3, 0.4) is 0 Å². The lowest BCUT2D eigenvalue weighted by molar-refractivity contribution is -0.384. The maximum atomic E-state index is 11.8. The molecule has 3 heterocycles. The van der Waals surface area contributed by atoms with Gasteiger partial charge in [-0.05, 0) is 44.5 Å². The fourth-order valence-corrected chi connectivity index (χ4v) is 3.78. The van der Waals surface area contributed by atoms with Crippen molar-refractivity contribution >= 4 is 38.2 Å². The van der Waals surface area contributed by atoms with Gasteiger partial charge in [0.05, 0.1) is 20.8 Å². The minimum atomic E-state index is -0.508. The lowest BCUT2D eigenvalue weighted by atomic mass is 10.2. The number of hydrogen-bond acceptors (Lipinski definition) is 8. The normalized spacial score (nSPS) is 11.1. The van der Waals surface area contributed by atoms with Crippen LogP contribution in [-0.2, 0) is 0 Å². The first-order valence-corrected chi connectivity index (χ1v) is 8.91. The van der Waals surface area contributed by atoms with E-state index >= 15 is 0 Å². The summed E-state index contributed by atoms with van der Waals surface area (Å²) in [5.74, 6) is 0.188. The van der Waals surface area contributed by atoms with Gasteiger partial charge in [-0.25, -0.2) is 19.6 Å². The van der Waals surface area contributed by atoms with Crippen molar-refractivity contribution in [2.75, 3.05) is 5.32 Å². The highest BCUT2D eigenvalue weighted by Crippen LogP contribution is 2.33. The van der Waals surface area contributed by atoms with Crippen LogP contribution in [0.1, 0.15) is 17.0 Å². The average Bonchev–Trinajstić information content (AvgIpc) is 3.15. The zero-order chi connectivity index (χ0) is 19.1. The fraction of sp³-hybridized carbons (Fsp3) is 0.176. The van der Waals surface area contributed by atoms with Gasteiger partial charge in [0.1, 0.15) is 6.33 Å². The summed E-state index contributed by atoms with van der Waals surface area (Å²) in [5, 5.41) is 19.6. The van der Waals surface area contributed by atoms with Crippen molar-refractivity contribution in [1.29, 1.82) is 0 Å². The van der Waals surface area contributed by atoms with Crippen LogP contribution in [0, 0.1) is 30.9 Å². The maximum absolute atomic E-state index is 11.8. The van der Waals surface area contributed by atoms with E-state index in [-0.39, 0.29) is 17.3 Å². The summed E-state index contributed by atoms with van der Waals surface area (Å²) in [7, 11) is 0. The monoisotopic (exact) mass is 381 g/mol. The molecular formula is C17H15N7O2S. The quantitative estimate of drug-likeness (QED) is 0.422. The van der Waals surface area contributed by atoms with E-state index in [0.717, 1.165) is 27.2 Å². The molecule has 0 spiro atoms. The molecule has 1 aromatic carbocycles. The van der Waals surface area contributed by atoms with Crippen LogP contribution in [0.4, 0.5) is 16.6 Å². The molecule has 0 bridgehead atoms. The summed E-state index contributed by atoms with van der Waals surface area (Å²) in [4.78, 5) is 23.9. The number of fused-ring (bicyclic) bond motifs is 1. The summed E-state index contributed by atoms with van der Waals surface area (Å²) in [6, 6.07) is 7.74. The summed E-state index contributed by atoms with van der Waals surface area (Å²) in [6.45, 7) is 5.63. The van der Waals surface area contributed by atoms with Crippen LogP contribution in [0.2, 0.25) is 0 Å². The molecule has 27 heavy (non-hydrogen) atoms. The van der Waals surface area contributed by atoms with E-state index in [1.807, 2.05) is 45.0 Å². The Labute approximate surface area is 157 Å². The number of hydrogen-bond donors (Lipinski definition) is 1. The predicted molar refractivity (Wildman–Crippen MR) is 103 cm³/mol. The van der Waals surface area contributed by atoms with Crippen molar-refractivity contribution in [2.45, 2.75) is 20.8 Å². The molecule has 0 saturated carbocycles. The molecule has 0 aliphatic carbocycles.